The van der Waals surface area contributed by atoms with Crippen molar-refractivity contribution in [2.75, 3.05) is 6.61 Å². The fourth-order valence-electron chi connectivity index (χ4n) is 2.37. The molecule has 3 rings (SSSR count). The monoisotopic (exact) mass is 268 g/mol. The van der Waals surface area contributed by atoms with E-state index < -0.39 is 37.0 Å². The second kappa shape index (κ2) is 5.16. The second-order valence-electron chi connectivity index (χ2n) is 4.72. The van der Waals surface area contributed by atoms with Gasteiger partial charge in [-0.2, -0.15) is 0 Å². The first-order valence-electron chi connectivity index (χ1n) is 6.18. The summed E-state index contributed by atoms with van der Waals surface area (Å²) in [5.74, 6) is 0. The fourth-order valence-corrected chi connectivity index (χ4v) is 2.37. The Morgan fingerprint density at radius 3 is 2.42 bits per heavy atom. The van der Waals surface area contributed by atoms with Gasteiger partial charge in [0.05, 0.1) is 6.61 Å². The molecule has 1 aromatic rings. The molecule has 6 heteroatoms. The molecule has 0 bridgehead atoms. The molecule has 2 aliphatic heterocycles. The summed E-state index contributed by atoms with van der Waals surface area (Å²) >= 11 is 0. The van der Waals surface area contributed by atoms with Gasteiger partial charge >= 0.3 is 0 Å². The molecule has 104 valence electrons. The van der Waals surface area contributed by atoms with Crippen LogP contribution in [-0.2, 0) is 14.2 Å². The zero-order chi connectivity index (χ0) is 13.4. The Bertz CT molecular complexity index is 422. The van der Waals surface area contributed by atoms with Crippen molar-refractivity contribution in [3.63, 3.8) is 0 Å². The highest BCUT2D eigenvalue weighted by molar-refractivity contribution is 5.16. The minimum absolute atomic E-state index is 0.186. The Balaban J connectivity index is 1.75. The van der Waals surface area contributed by atoms with Crippen LogP contribution >= 0.6 is 0 Å². The number of ether oxygens (including phenoxy) is 3. The molecule has 0 aromatic heterocycles. The summed E-state index contributed by atoms with van der Waals surface area (Å²) in [6, 6.07) is 9.31. The molecular formula is C13H16O6. The SMILES string of the molecule is O[C@@H]1[C@@H](O)[C@@H](O)O[C@H]2CO[C@@H](c3ccccc3)O[C@H]12. The zero-order valence-corrected chi connectivity index (χ0v) is 10.1. The van der Waals surface area contributed by atoms with Gasteiger partial charge in [-0.3, -0.25) is 0 Å². The number of aliphatic hydroxyl groups is 3. The molecule has 0 unspecified atom stereocenters. The van der Waals surface area contributed by atoms with Crippen molar-refractivity contribution in [3.8, 4) is 0 Å². The largest absolute Gasteiger partial charge is 0.387 e. The van der Waals surface area contributed by atoms with Crippen LogP contribution in [0.1, 0.15) is 11.9 Å². The van der Waals surface area contributed by atoms with Crippen molar-refractivity contribution in [1.82, 2.24) is 0 Å². The molecule has 0 amide bonds. The van der Waals surface area contributed by atoms with Gasteiger partial charge in [0.25, 0.3) is 0 Å². The highest BCUT2D eigenvalue weighted by atomic mass is 16.7. The molecule has 0 spiro atoms. The molecule has 2 saturated heterocycles. The predicted octanol–water partition coefficient (Wildman–Crippen LogP) is -0.460. The van der Waals surface area contributed by atoms with E-state index in [9.17, 15) is 15.3 Å². The van der Waals surface area contributed by atoms with Gasteiger partial charge in [0.15, 0.2) is 12.6 Å². The van der Waals surface area contributed by atoms with Crippen LogP contribution in [-0.4, -0.2) is 52.6 Å². The highest BCUT2D eigenvalue weighted by Crippen LogP contribution is 2.33. The maximum absolute atomic E-state index is 9.94. The van der Waals surface area contributed by atoms with Gasteiger partial charge < -0.3 is 29.5 Å². The van der Waals surface area contributed by atoms with Gasteiger partial charge in [0, 0.05) is 5.56 Å². The topological polar surface area (TPSA) is 88.4 Å². The summed E-state index contributed by atoms with van der Waals surface area (Å²) in [6.07, 6.45) is -5.93. The first-order chi connectivity index (χ1) is 9.16. The van der Waals surface area contributed by atoms with E-state index in [1.165, 1.54) is 0 Å². The van der Waals surface area contributed by atoms with Crippen molar-refractivity contribution in [2.45, 2.75) is 37.0 Å². The third kappa shape index (κ3) is 2.38. The van der Waals surface area contributed by atoms with Crippen LogP contribution < -0.4 is 0 Å². The summed E-state index contributed by atoms with van der Waals surface area (Å²) in [5, 5.41) is 29.0. The van der Waals surface area contributed by atoms with Gasteiger partial charge in [0.2, 0.25) is 0 Å². The van der Waals surface area contributed by atoms with Crippen molar-refractivity contribution in [2.24, 2.45) is 0 Å². The molecule has 0 radical (unpaired) electrons. The van der Waals surface area contributed by atoms with Gasteiger partial charge in [-0.25, -0.2) is 0 Å². The fraction of sp³-hybridized carbons (Fsp3) is 0.538. The molecule has 0 saturated carbocycles. The summed E-state index contributed by atoms with van der Waals surface area (Å²) in [4.78, 5) is 0. The van der Waals surface area contributed by atoms with E-state index in [0.717, 1.165) is 5.56 Å². The normalized spacial score (nSPS) is 42.7. The van der Waals surface area contributed by atoms with Crippen LogP contribution in [0, 0.1) is 0 Å². The average Bonchev–Trinajstić information content (AvgIpc) is 2.46. The molecule has 2 fully saturated rings. The van der Waals surface area contributed by atoms with E-state index in [2.05, 4.69) is 0 Å². The Hall–Kier alpha value is -1.02. The van der Waals surface area contributed by atoms with E-state index >= 15 is 0 Å². The lowest BCUT2D eigenvalue weighted by molar-refractivity contribution is -0.354. The van der Waals surface area contributed by atoms with Gasteiger partial charge in [0.1, 0.15) is 24.4 Å². The number of hydrogen-bond donors (Lipinski definition) is 3. The van der Waals surface area contributed by atoms with E-state index in [1.807, 2.05) is 30.3 Å². The Kier molecular flexibility index (Phi) is 3.53. The highest BCUT2D eigenvalue weighted by Gasteiger charge is 2.48. The molecule has 2 heterocycles. The molecule has 2 aliphatic rings. The van der Waals surface area contributed by atoms with Crippen molar-refractivity contribution in [1.29, 1.82) is 0 Å². The molecule has 19 heavy (non-hydrogen) atoms. The number of benzene rings is 1. The number of fused-ring (bicyclic) bond motifs is 1. The first kappa shape index (κ1) is 13.0. The first-order valence-corrected chi connectivity index (χ1v) is 6.18. The van der Waals surface area contributed by atoms with Crippen LogP contribution in [0.5, 0.6) is 0 Å². The molecule has 6 atom stereocenters. The Morgan fingerprint density at radius 2 is 1.68 bits per heavy atom. The minimum atomic E-state index is -1.42. The molecule has 1 aromatic carbocycles. The minimum Gasteiger partial charge on any atom is -0.387 e. The lowest BCUT2D eigenvalue weighted by Gasteiger charge is -2.45. The average molecular weight is 268 g/mol. The number of rotatable bonds is 1. The van der Waals surface area contributed by atoms with E-state index in [1.54, 1.807) is 0 Å². The molecule has 0 aliphatic carbocycles. The standard InChI is InChI=1S/C13H16O6/c14-9-10(15)12(16)18-8-6-17-13(19-11(8)9)7-4-2-1-3-5-7/h1-5,8-16H,6H2/t8-,9+,10+,11-,12-,13+/m0/s1. The second-order valence-corrected chi connectivity index (χ2v) is 4.72. The van der Waals surface area contributed by atoms with Crippen molar-refractivity contribution >= 4 is 0 Å². The number of aliphatic hydroxyl groups excluding tert-OH is 3. The molecular weight excluding hydrogens is 252 g/mol. The van der Waals surface area contributed by atoms with Crippen LogP contribution in [0.4, 0.5) is 0 Å². The predicted molar refractivity (Wildman–Crippen MR) is 62.9 cm³/mol. The maximum Gasteiger partial charge on any atom is 0.184 e. The van der Waals surface area contributed by atoms with E-state index in [-0.39, 0.29) is 6.61 Å². The maximum atomic E-state index is 9.94. The molecule has 3 N–H and O–H groups in total. The molecule has 6 nitrogen and oxygen atoms in total. The smallest absolute Gasteiger partial charge is 0.184 e. The van der Waals surface area contributed by atoms with Crippen LogP contribution in [0.15, 0.2) is 30.3 Å². The van der Waals surface area contributed by atoms with Crippen LogP contribution in [0.25, 0.3) is 0 Å². The summed E-state index contributed by atoms with van der Waals surface area (Å²) in [6.45, 7) is 0.186. The summed E-state index contributed by atoms with van der Waals surface area (Å²) in [7, 11) is 0. The van der Waals surface area contributed by atoms with Gasteiger partial charge in [-0.05, 0) is 0 Å². The lowest BCUT2D eigenvalue weighted by Crippen LogP contribution is -2.61. The quantitative estimate of drug-likeness (QED) is 0.639. The summed E-state index contributed by atoms with van der Waals surface area (Å²) < 4.78 is 16.3. The lowest BCUT2D eigenvalue weighted by atomic mass is 9.98. The van der Waals surface area contributed by atoms with Crippen LogP contribution in [0.2, 0.25) is 0 Å². The number of hydrogen-bond acceptors (Lipinski definition) is 6. The van der Waals surface area contributed by atoms with E-state index in [0.29, 0.717) is 0 Å². The van der Waals surface area contributed by atoms with E-state index in [4.69, 9.17) is 14.2 Å². The third-order valence-electron chi connectivity index (χ3n) is 3.42. The third-order valence-corrected chi connectivity index (χ3v) is 3.42. The van der Waals surface area contributed by atoms with Crippen molar-refractivity contribution in [3.05, 3.63) is 35.9 Å². The van der Waals surface area contributed by atoms with Crippen LogP contribution in [0.3, 0.4) is 0 Å². The van der Waals surface area contributed by atoms with Crippen molar-refractivity contribution < 1.29 is 29.5 Å². The summed E-state index contributed by atoms with van der Waals surface area (Å²) in [5.41, 5.74) is 0.828. The van der Waals surface area contributed by atoms with Gasteiger partial charge in [-0.1, -0.05) is 30.3 Å². The zero-order valence-electron chi connectivity index (χ0n) is 10.1. The Morgan fingerprint density at radius 1 is 0.947 bits per heavy atom. The Labute approximate surface area is 110 Å². The van der Waals surface area contributed by atoms with Gasteiger partial charge in [-0.15, -0.1) is 0 Å².